The van der Waals surface area contributed by atoms with Gasteiger partial charge >= 0.3 is 0 Å². The van der Waals surface area contributed by atoms with Crippen LogP contribution in [-0.2, 0) is 4.74 Å². The highest BCUT2D eigenvalue weighted by Crippen LogP contribution is 2.40. The molecule has 0 saturated carbocycles. The molecule has 2 heterocycles. The van der Waals surface area contributed by atoms with Crippen LogP contribution in [0.2, 0.25) is 0 Å². The number of fused-ring (bicyclic) bond motifs is 2. The van der Waals surface area contributed by atoms with Crippen molar-refractivity contribution in [1.82, 2.24) is 10.3 Å². The average molecular weight is 357 g/mol. The maximum atomic E-state index is 12.8. The Bertz CT molecular complexity index is 810. The molecule has 1 aliphatic rings. The van der Waals surface area contributed by atoms with E-state index in [1.54, 1.807) is 36.4 Å². The van der Waals surface area contributed by atoms with E-state index in [0.29, 0.717) is 35.8 Å². The Morgan fingerprint density at radius 1 is 1.36 bits per heavy atom. The Morgan fingerprint density at radius 2 is 2.20 bits per heavy atom. The van der Waals surface area contributed by atoms with Crippen LogP contribution in [0.15, 0.2) is 46.5 Å². The number of methoxy groups -OCH3 is 1. The van der Waals surface area contributed by atoms with Gasteiger partial charge in [0.05, 0.1) is 17.9 Å². The number of aromatic nitrogens is 1. The molecule has 2 aromatic rings. The van der Waals surface area contributed by atoms with Crippen molar-refractivity contribution in [3.05, 3.63) is 47.7 Å². The van der Waals surface area contributed by atoms with Gasteiger partial charge in [-0.2, -0.15) is 0 Å². The highest BCUT2D eigenvalue weighted by molar-refractivity contribution is 7.99. The summed E-state index contributed by atoms with van der Waals surface area (Å²) < 4.78 is 4.94. The molecule has 6 nitrogen and oxygen atoms in total. The van der Waals surface area contributed by atoms with Crippen molar-refractivity contribution < 1.29 is 14.3 Å². The van der Waals surface area contributed by atoms with Crippen LogP contribution in [0.1, 0.15) is 27.6 Å². The van der Waals surface area contributed by atoms with E-state index < -0.39 is 0 Å². The van der Waals surface area contributed by atoms with Gasteiger partial charge in [0.1, 0.15) is 5.03 Å². The van der Waals surface area contributed by atoms with Gasteiger partial charge in [-0.15, -0.1) is 0 Å². The van der Waals surface area contributed by atoms with E-state index in [0.717, 1.165) is 10.6 Å². The van der Waals surface area contributed by atoms with E-state index in [1.807, 2.05) is 19.1 Å². The SMILES string of the molecule is CCN1C(=O)c2cccnc2Sc2cc(C(=O)NCCOC)ccc21. The predicted molar refractivity (Wildman–Crippen MR) is 96.4 cm³/mol. The quantitative estimate of drug-likeness (QED) is 0.833. The Balaban J connectivity index is 1.97. The van der Waals surface area contributed by atoms with Crippen LogP contribution in [-0.4, -0.2) is 43.6 Å². The second kappa shape index (κ2) is 7.67. The third-order valence-electron chi connectivity index (χ3n) is 3.87. The first-order valence-electron chi connectivity index (χ1n) is 8.01. The van der Waals surface area contributed by atoms with Crippen LogP contribution in [0.5, 0.6) is 0 Å². The molecule has 1 N–H and O–H groups in total. The molecule has 0 saturated heterocycles. The maximum Gasteiger partial charge on any atom is 0.261 e. The summed E-state index contributed by atoms with van der Waals surface area (Å²) in [6, 6.07) is 8.91. The maximum absolute atomic E-state index is 12.8. The first kappa shape index (κ1) is 17.4. The summed E-state index contributed by atoms with van der Waals surface area (Å²) in [5.74, 6) is -0.241. The lowest BCUT2D eigenvalue weighted by Gasteiger charge is -2.21. The number of hydrogen-bond acceptors (Lipinski definition) is 5. The molecule has 0 atom stereocenters. The van der Waals surface area contributed by atoms with Crippen molar-refractivity contribution in [2.24, 2.45) is 0 Å². The minimum absolute atomic E-state index is 0.0749. The number of carbonyl (C=O) groups is 2. The fourth-order valence-corrected chi connectivity index (χ4v) is 3.69. The molecule has 130 valence electrons. The lowest BCUT2D eigenvalue weighted by atomic mass is 10.1. The van der Waals surface area contributed by atoms with Crippen molar-refractivity contribution in [2.75, 3.05) is 31.7 Å². The third-order valence-corrected chi connectivity index (χ3v) is 4.94. The minimum atomic E-state index is -0.166. The molecular formula is C18H19N3O3S. The van der Waals surface area contributed by atoms with Gasteiger partial charge < -0.3 is 15.0 Å². The first-order valence-corrected chi connectivity index (χ1v) is 8.83. The molecule has 0 bridgehead atoms. The smallest absolute Gasteiger partial charge is 0.261 e. The van der Waals surface area contributed by atoms with Gasteiger partial charge in [0.15, 0.2) is 0 Å². The van der Waals surface area contributed by atoms with Gasteiger partial charge in [0.25, 0.3) is 11.8 Å². The Morgan fingerprint density at radius 3 is 2.96 bits per heavy atom. The summed E-state index contributed by atoms with van der Waals surface area (Å²) in [4.78, 5) is 32.0. The number of amides is 2. The highest BCUT2D eigenvalue weighted by atomic mass is 32.2. The molecule has 7 heteroatoms. The number of benzene rings is 1. The minimum Gasteiger partial charge on any atom is -0.383 e. The second-order valence-electron chi connectivity index (χ2n) is 5.44. The predicted octanol–water partition coefficient (Wildman–Crippen LogP) is 2.59. The van der Waals surface area contributed by atoms with Crippen molar-refractivity contribution in [3.63, 3.8) is 0 Å². The zero-order chi connectivity index (χ0) is 17.8. The summed E-state index contributed by atoms with van der Waals surface area (Å²) in [6.07, 6.45) is 1.67. The fraction of sp³-hybridized carbons (Fsp3) is 0.278. The third kappa shape index (κ3) is 3.52. The highest BCUT2D eigenvalue weighted by Gasteiger charge is 2.27. The Hall–Kier alpha value is -2.38. The van der Waals surface area contributed by atoms with Crippen molar-refractivity contribution >= 4 is 29.3 Å². The summed E-state index contributed by atoms with van der Waals surface area (Å²) in [5.41, 5.74) is 1.92. The van der Waals surface area contributed by atoms with E-state index >= 15 is 0 Å². The molecule has 2 amide bonds. The van der Waals surface area contributed by atoms with Crippen molar-refractivity contribution in [3.8, 4) is 0 Å². The Kier molecular flexibility index (Phi) is 5.35. The molecule has 3 rings (SSSR count). The summed E-state index contributed by atoms with van der Waals surface area (Å²) in [5, 5.41) is 3.46. The van der Waals surface area contributed by atoms with Gasteiger partial charge in [0, 0.05) is 36.9 Å². The molecule has 0 radical (unpaired) electrons. The van der Waals surface area contributed by atoms with Crippen molar-refractivity contribution in [1.29, 1.82) is 0 Å². The molecule has 1 aromatic carbocycles. The van der Waals surface area contributed by atoms with Gasteiger partial charge in [0.2, 0.25) is 0 Å². The number of ether oxygens (including phenoxy) is 1. The zero-order valence-electron chi connectivity index (χ0n) is 14.1. The van der Waals surface area contributed by atoms with Crippen LogP contribution >= 0.6 is 11.8 Å². The molecule has 1 aliphatic heterocycles. The zero-order valence-corrected chi connectivity index (χ0v) is 14.9. The normalized spacial score (nSPS) is 13.0. The number of hydrogen-bond donors (Lipinski definition) is 1. The van der Waals surface area contributed by atoms with E-state index in [9.17, 15) is 9.59 Å². The molecule has 25 heavy (non-hydrogen) atoms. The summed E-state index contributed by atoms with van der Waals surface area (Å²) in [7, 11) is 1.59. The van der Waals surface area contributed by atoms with Crippen molar-refractivity contribution in [2.45, 2.75) is 16.8 Å². The Labute approximate surface area is 150 Å². The van der Waals surface area contributed by atoms with Gasteiger partial charge in [-0.3, -0.25) is 9.59 Å². The van der Waals surface area contributed by atoms with E-state index in [2.05, 4.69) is 10.3 Å². The number of rotatable bonds is 5. The fourth-order valence-electron chi connectivity index (χ4n) is 2.64. The van der Waals surface area contributed by atoms with Crippen LogP contribution < -0.4 is 10.2 Å². The lowest BCUT2D eigenvalue weighted by Crippen LogP contribution is -2.31. The molecule has 0 unspecified atom stereocenters. The monoisotopic (exact) mass is 357 g/mol. The molecule has 1 aromatic heterocycles. The van der Waals surface area contributed by atoms with Gasteiger partial charge in [-0.25, -0.2) is 4.98 Å². The van der Waals surface area contributed by atoms with E-state index in [-0.39, 0.29) is 11.8 Å². The largest absolute Gasteiger partial charge is 0.383 e. The molecule has 0 aliphatic carbocycles. The lowest BCUT2D eigenvalue weighted by molar-refractivity contribution is 0.0936. The standard InChI is InChI=1S/C18H19N3O3S/c1-3-21-14-7-6-12(16(22)19-9-10-24-2)11-15(14)25-17-13(18(21)23)5-4-8-20-17/h4-8,11H,3,9-10H2,1-2H3,(H,19,22). The van der Waals surface area contributed by atoms with Crippen LogP contribution in [0.4, 0.5) is 5.69 Å². The molecular weight excluding hydrogens is 338 g/mol. The number of carbonyl (C=O) groups excluding carboxylic acids is 2. The van der Waals surface area contributed by atoms with Crippen LogP contribution in [0.25, 0.3) is 0 Å². The van der Waals surface area contributed by atoms with Crippen LogP contribution in [0, 0.1) is 0 Å². The van der Waals surface area contributed by atoms with Crippen LogP contribution in [0.3, 0.4) is 0 Å². The summed E-state index contributed by atoms with van der Waals surface area (Å²) >= 11 is 1.41. The number of pyridine rings is 1. The first-order chi connectivity index (χ1) is 12.2. The summed E-state index contributed by atoms with van der Waals surface area (Å²) in [6.45, 7) is 3.38. The topological polar surface area (TPSA) is 71.5 Å². The number of anilines is 1. The molecule has 0 fully saturated rings. The van der Waals surface area contributed by atoms with E-state index in [4.69, 9.17) is 4.74 Å². The second-order valence-corrected chi connectivity index (χ2v) is 6.47. The number of nitrogens with zero attached hydrogens (tertiary/aromatic N) is 2. The van der Waals surface area contributed by atoms with Gasteiger partial charge in [-0.1, -0.05) is 11.8 Å². The van der Waals surface area contributed by atoms with Gasteiger partial charge in [-0.05, 0) is 37.3 Å². The molecule has 0 spiro atoms. The van der Waals surface area contributed by atoms with E-state index in [1.165, 1.54) is 11.8 Å². The number of nitrogens with one attached hydrogen (secondary N) is 1. The average Bonchev–Trinajstić information content (AvgIpc) is 2.75.